The number of hydrogen-bond donors (Lipinski definition) is 1. The number of aromatic amines is 1. The van der Waals surface area contributed by atoms with E-state index in [4.69, 9.17) is 4.74 Å². The predicted molar refractivity (Wildman–Crippen MR) is 84.1 cm³/mol. The SMILES string of the molecule is Cc1nc2c(c(=O)[nH]1)CCN(C(=O)[C@@H]1CC(=O)OC13CCCC3)C2. The molecule has 2 fully saturated rings. The van der Waals surface area contributed by atoms with Crippen molar-refractivity contribution < 1.29 is 14.3 Å². The molecule has 1 saturated carbocycles. The van der Waals surface area contributed by atoms with Crippen LogP contribution in [-0.4, -0.2) is 38.9 Å². The van der Waals surface area contributed by atoms with E-state index in [2.05, 4.69) is 9.97 Å². The summed E-state index contributed by atoms with van der Waals surface area (Å²) < 4.78 is 5.59. The lowest BCUT2D eigenvalue weighted by Gasteiger charge is -2.34. The summed E-state index contributed by atoms with van der Waals surface area (Å²) in [4.78, 5) is 45.7. The van der Waals surface area contributed by atoms with Gasteiger partial charge >= 0.3 is 5.97 Å². The minimum absolute atomic E-state index is 0.0341. The standard InChI is InChI=1S/C17H21N3O4/c1-10-18-13-9-20(7-4-11(13)15(22)19-10)16(23)12-8-14(21)24-17(12)5-2-3-6-17/h12H,2-9H2,1H3,(H,18,19,22)/t12-/m0/s1. The number of carbonyl (C=O) groups excluding carboxylic acids is 2. The largest absolute Gasteiger partial charge is 0.458 e. The molecule has 24 heavy (non-hydrogen) atoms. The van der Waals surface area contributed by atoms with Gasteiger partial charge in [-0.3, -0.25) is 14.4 Å². The number of nitrogens with one attached hydrogen (secondary N) is 1. The molecule has 4 rings (SSSR count). The van der Waals surface area contributed by atoms with E-state index in [9.17, 15) is 14.4 Å². The topological polar surface area (TPSA) is 92.4 Å². The summed E-state index contributed by atoms with van der Waals surface area (Å²) in [5, 5.41) is 0. The molecular weight excluding hydrogens is 310 g/mol. The quantitative estimate of drug-likeness (QED) is 0.770. The lowest BCUT2D eigenvalue weighted by atomic mass is 9.84. The van der Waals surface area contributed by atoms with Crippen molar-refractivity contribution in [2.45, 2.75) is 57.6 Å². The summed E-state index contributed by atoms with van der Waals surface area (Å²) in [6.45, 7) is 2.56. The van der Waals surface area contributed by atoms with Gasteiger partial charge in [0.2, 0.25) is 5.91 Å². The van der Waals surface area contributed by atoms with Gasteiger partial charge < -0.3 is 14.6 Å². The highest BCUT2D eigenvalue weighted by atomic mass is 16.6. The molecule has 2 aliphatic heterocycles. The van der Waals surface area contributed by atoms with E-state index in [0.717, 1.165) is 25.7 Å². The van der Waals surface area contributed by atoms with E-state index in [0.29, 0.717) is 36.6 Å². The molecule has 128 valence electrons. The molecule has 1 atom stereocenters. The van der Waals surface area contributed by atoms with Crippen LogP contribution in [0, 0.1) is 12.8 Å². The summed E-state index contributed by atoms with van der Waals surface area (Å²) in [5.74, 6) is -0.136. The average Bonchev–Trinajstić information content (AvgIpc) is 3.13. The highest BCUT2D eigenvalue weighted by molar-refractivity contribution is 5.88. The molecule has 1 aromatic rings. The fourth-order valence-electron chi connectivity index (χ4n) is 4.40. The first-order chi connectivity index (χ1) is 11.5. The molecule has 0 aromatic carbocycles. The van der Waals surface area contributed by atoms with Gasteiger partial charge in [0.05, 0.1) is 24.6 Å². The molecule has 3 aliphatic rings. The molecule has 1 amide bonds. The Morgan fingerprint density at radius 2 is 2.08 bits per heavy atom. The highest BCUT2D eigenvalue weighted by Crippen LogP contribution is 2.46. The van der Waals surface area contributed by atoms with Crippen molar-refractivity contribution in [2.75, 3.05) is 6.54 Å². The first kappa shape index (κ1) is 15.4. The van der Waals surface area contributed by atoms with Gasteiger partial charge in [-0.05, 0) is 39.0 Å². The van der Waals surface area contributed by atoms with Crippen LogP contribution in [0.1, 0.15) is 49.2 Å². The van der Waals surface area contributed by atoms with Gasteiger partial charge in [-0.2, -0.15) is 0 Å². The van der Waals surface area contributed by atoms with Crippen molar-refractivity contribution in [3.63, 3.8) is 0 Å². The molecule has 1 spiro atoms. The Morgan fingerprint density at radius 3 is 2.83 bits per heavy atom. The Bertz CT molecular complexity index is 764. The van der Waals surface area contributed by atoms with Crippen LogP contribution in [-0.2, 0) is 27.3 Å². The van der Waals surface area contributed by atoms with E-state index in [1.165, 1.54) is 0 Å². The lowest BCUT2D eigenvalue weighted by molar-refractivity contribution is -0.152. The molecule has 1 saturated heterocycles. The van der Waals surface area contributed by atoms with Gasteiger partial charge in [-0.1, -0.05) is 0 Å². The van der Waals surface area contributed by atoms with Crippen molar-refractivity contribution in [3.05, 3.63) is 27.4 Å². The summed E-state index contributed by atoms with van der Waals surface area (Å²) >= 11 is 0. The molecule has 0 bridgehead atoms. The lowest BCUT2D eigenvalue weighted by Crippen LogP contribution is -2.47. The predicted octanol–water partition coefficient (Wildman–Crippen LogP) is 0.839. The molecule has 7 nitrogen and oxygen atoms in total. The van der Waals surface area contributed by atoms with Crippen LogP contribution in [0.2, 0.25) is 0 Å². The van der Waals surface area contributed by atoms with Crippen LogP contribution in [0.5, 0.6) is 0 Å². The summed E-state index contributed by atoms with van der Waals surface area (Å²) in [6.07, 6.45) is 4.21. The monoisotopic (exact) mass is 331 g/mol. The Labute approximate surface area is 139 Å². The molecule has 3 heterocycles. The Hall–Kier alpha value is -2.18. The van der Waals surface area contributed by atoms with E-state index >= 15 is 0 Å². The van der Waals surface area contributed by atoms with Crippen molar-refractivity contribution in [1.29, 1.82) is 0 Å². The smallest absolute Gasteiger partial charge is 0.307 e. The minimum atomic E-state index is -0.591. The number of aromatic nitrogens is 2. The maximum absolute atomic E-state index is 13.1. The van der Waals surface area contributed by atoms with Crippen molar-refractivity contribution >= 4 is 11.9 Å². The van der Waals surface area contributed by atoms with Crippen LogP contribution < -0.4 is 5.56 Å². The van der Waals surface area contributed by atoms with Crippen molar-refractivity contribution in [2.24, 2.45) is 5.92 Å². The molecule has 0 unspecified atom stereocenters. The van der Waals surface area contributed by atoms with Crippen molar-refractivity contribution in [1.82, 2.24) is 14.9 Å². The Balaban J connectivity index is 1.59. The van der Waals surface area contributed by atoms with Crippen LogP contribution >= 0.6 is 0 Å². The normalized spacial score (nSPS) is 25.0. The number of amides is 1. The van der Waals surface area contributed by atoms with Crippen LogP contribution in [0.15, 0.2) is 4.79 Å². The molecule has 1 N–H and O–H groups in total. The number of carbonyl (C=O) groups is 2. The third-order valence-electron chi connectivity index (χ3n) is 5.57. The zero-order valence-electron chi connectivity index (χ0n) is 13.8. The molecular formula is C17H21N3O4. The minimum Gasteiger partial charge on any atom is -0.458 e. The first-order valence-corrected chi connectivity index (χ1v) is 8.58. The highest BCUT2D eigenvalue weighted by Gasteiger charge is 2.55. The van der Waals surface area contributed by atoms with Crippen LogP contribution in [0.25, 0.3) is 0 Å². The van der Waals surface area contributed by atoms with Crippen molar-refractivity contribution in [3.8, 4) is 0 Å². The van der Waals surface area contributed by atoms with E-state index in [-0.39, 0.29) is 23.9 Å². The second kappa shape index (κ2) is 5.43. The number of ether oxygens (including phenoxy) is 1. The fourth-order valence-corrected chi connectivity index (χ4v) is 4.40. The van der Waals surface area contributed by atoms with E-state index in [1.54, 1.807) is 11.8 Å². The average molecular weight is 331 g/mol. The number of aryl methyl sites for hydroxylation is 1. The molecule has 1 aliphatic carbocycles. The van der Waals surface area contributed by atoms with E-state index in [1.807, 2.05) is 0 Å². The molecule has 7 heteroatoms. The van der Waals surface area contributed by atoms with Crippen LogP contribution in [0.4, 0.5) is 0 Å². The van der Waals surface area contributed by atoms with Gasteiger partial charge in [0, 0.05) is 12.1 Å². The Morgan fingerprint density at radius 1 is 1.33 bits per heavy atom. The number of hydrogen-bond acceptors (Lipinski definition) is 5. The maximum atomic E-state index is 13.1. The molecule has 1 aromatic heterocycles. The van der Waals surface area contributed by atoms with Crippen LogP contribution in [0.3, 0.4) is 0 Å². The van der Waals surface area contributed by atoms with Gasteiger partial charge in [0.25, 0.3) is 5.56 Å². The fraction of sp³-hybridized carbons (Fsp3) is 0.647. The number of esters is 1. The zero-order valence-corrected chi connectivity index (χ0v) is 13.8. The number of H-pyrrole nitrogens is 1. The van der Waals surface area contributed by atoms with Gasteiger partial charge in [0.1, 0.15) is 11.4 Å². The summed E-state index contributed by atoms with van der Waals surface area (Å²) in [6, 6.07) is 0. The zero-order chi connectivity index (χ0) is 16.9. The molecule has 0 radical (unpaired) electrons. The second-order valence-corrected chi connectivity index (χ2v) is 7.09. The first-order valence-electron chi connectivity index (χ1n) is 8.58. The summed E-state index contributed by atoms with van der Waals surface area (Å²) in [5.41, 5.74) is 0.628. The number of fused-ring (bicyclic) bond motifs is 1. The third kappa shape index (κ3) is 2.34. The van der Waals surface area contributed by atoms with Gasteiger partial charge in [0.15, 0.2) is 0 Å². The maximum Gasteiger partial charge on any atom is 0.307 e. The number of nitrogens with zero attached hydrogens (tertiary/aromatic N) is 2. The van der Waals surface area contributed by atoms with Gasteiger partial charge in [-0.25, -0.2) is 4.98 Å². The second-order valence-electron chi connectivity index (χ2n) is 7.09. The van der Waals surface area contributed by atoms with E-state index < -0.39 is 11.5 Å². The van der Waals surface area contributed by atoms with Gasteiger partial charge in [-0.15, -0.1) is 0 Å². The third-order valence-corrected chi connectivity index (χ3v) is 5.57. The number of rotatable bonds is 1. The summed E-state index contributed by atoms with van der Waals surface area (Å²) in [7, 11) is 0. The Kier molecular flexibility index (Phi) is 3.47.